The van der Waals surface area contributed by atoms with E-state index in [1.54, 1.807) is 13.2 Å². The summed E-state index contributed by atoms with van der Waals surface area (Å²) in [5.74, 6) is 0. The molecule has 1 N–H and O–H groups in total. The quantitative estimate of drug-likeness (QED) is 0.881. The second-order valence-electron chi connectivity index (χ2n) is 4.39. The Labute approximate surface area is 112 Å². The van der Waals surface area contributed by atoms with Crippen molar-refractivity contribution in [2.75, 3.05) is 7.11 Å². The van der Waals surface area contributed by atoms with Gasteiger partial charge in [-0.1, -0.05) is 0 Å². The standard InChI is InChI=1S/C12H15N3O3S/c1-18-11-5-2-4-9(11)15-19(16,17)12-6-3-7-14-10(12)8-13/h3,6-7,9,11,15H,2,4-5H2,1H3. The molecule has 19 heavy (non-hydrogen) atoms. The number of nitriles is 1. The molecule has 2 atom stereocenters. The Morgan fingerprint density at radius 1 is 1.53 bits per heavy atom. The molecular formula is C12H15N3O3S. The van der Waals surface area contributed by atoms with E-state index in [2.05, 4.69) is 9.71 Å². The minimum absolute atomic E-state index is 0.0840. The van der Waals surface area contributed by atoms with Crippen LogP contribution in [-0.4, -0.2) is 32.7 Å². The van der Waals surface area contributed by atoms with Crippen LogP contribution in [0.5, 0.6) is 0 Å². The van der Waals surface area contributed by atoms with Crippen molar-refractivity contribution in [1.29, 1.82) is 5.26 Å². The number of rotatable bonds is 4. The summed E-state index contributed by atoms with van der Waals surface area (Å²) in [6, 6.07) is 4.42. The molecule has 1 aliphatic carbocycles. The normalized spacial score (nSPS) is 23.2. The van der Waals surface area contributed by atoms with E-state index in [0.717, 1.165) is 19.3 Å². The Hall–Kier alpha value is -1.49. The van der Waals surface area contributed by atoms with Gasteiger partial charge in [0, 0.05) is 19.3 Å². The van der Waals surface area contributed by atoms with Gasteiger partial charge < -0.3 is 4.74 Å². The fraction of sp³-hybridized carbons (Fsp3) is 0.500. The summed E-state index contributed by atoms with van der Waals surface area (Å²) in [6.45, 7) is 0. The van der Waals surface area contributed by atoms with Crippen molar-refractivity contribution in [2.45, 2.75) is 36.3 Å². The van der Waals surface area contributed by atoms with Crippen LogP contribution in [0, 0.1) is 11.3 Å². The van der Waals surface area contributed by atoms with Crippen molar-refractivity contribution in [3.8, 4) is 6.07 Å². The van der Waals surface area contributed by atoms with Gasteiger partial charge in [0.2, 0.25) is 10.0 Å². The second kappa shape index (κ2) is 5.65. The van der Waals surface area contributed by atoms with Crippen LogP contribution in [0.25, 0.3) is 0 Å². The van der Waals surface area contributed by atoms with Gasteiger partial charge in [0.15, 0.2) is 5.69 Å². The SMILES string of the molecule is COC1CCCC1NS(=O)(=O)c1cccnc1C#N. The molecule has 1 fully saturated rings. The highest BCUT2D eigenvalue weighted by Crippen LogP contribution is 2.23. The molecule has 0 radical (unpaired) electrons. The fourth-order valence-corrected chi connectivity index (χ4v) is 3.70. The molecule has 0 aromatic carbocycles. The third kappa shape index (κ3) is 2.92. The number of hydrogen-bond acceptors (Lipinski definition) is 5. The molecule has 0 amide bonds. The van der Waals surface area contributed by atoms with Gasteiger partial charge in [0.05, 0.1) is 6.10 Å². The van der Waals surface area contributed by atoms with Crippen molar-refractivity contribution in [3.63, 3.8) is 0 Å². The molecule has 1 aliphatic rings. The summed E-state index contributed by atoms with van der Waals surface area (Å²) in [7, 11) is -2.17. The molecule has 1 saturated carbocycles. The maximum Gasteiger partial charge on any atom is 0.243 e. The average molecular weight is 281 g/mol. The number of ether oxygens (including phenoxy) is 1. The van der Waals surface area contributed by atoms with Crippen LogP contribution in [0.4, 0.5) is 0 Å². The van der Waals surface area contributed by atoms with Crippen molar-refractivity contribution >= 4 is 10.0 Å². The van der Waals surface area contributed by atoms with Crippen LogP contribution in [0.2, 0.25) is 0 Å². The third-order valence-electron chi connectivity index (χ3n) is 3.23. The van der Waals surface area contributed by atoms with Gasteiger partial charge >= 0.3 is 0 Å². The second-order valence-corrected chi connectivity index (χ2v) is 6.08. The Morgan fingerprint density at radius 2 is 2.32 bits per heavy atom. The number of hydrogen-bond donors (Lipinski definition) is 1. The first kappa shape index (κ1) is 13.9. The number of methoxy groups -OCH3 is 1. The summed E-state index contributed by atoms with van der Waals surface area (Å²) in [6.07, 6.45) is 3.77. The van der Waals surface area contributed by atoms with Crippen molar-refractivity contribution in [1.82, 2.24) is 9.71 Å². The zero-order valence-corrected chi connectivity index (χ0v) is 11.4. The van der Waals surface area contributed by atoms with E-state index in [-0.39, 0.29) is 22.7 Å². The smallest absolute Gasteiger partial charge is 0.243 e. The van der Waals surface area contributed by atoms with E-state index in [9.17, 15) is 8.42 Å². The molecule has 6 nitrogen and oxygen atoms in total. The lowest BCUT2D eigenvalue weighted by molar-refractivity contribution is 0.0916. The molecule has 0 spiro atoms. The minimum Gasteiger partial charge on any atom is -0.380 e. The predicted molar refractivity (Wildman–Crippen MR) is 67.7 cm³/mol. The molecule has 1 aromatic rings. The van der Waals surface area contributed by atoms with Gasteiger partial charge in [0.1, 0.15) is 11.0 Å². The number of nitrogens with one attached hydrogen (secondary N) is 1. The van der Waals surface area contributed by atoms with Gasteiger partial charge in [-0.25, -0.2) is 18.1 Å². The zero-order chi connectivity index (χ0) is 13.9. The van der Waals surface area contributed by atoms with Gasteiger partial charge in [-0.15, -0.1) is 0 Å². The molecule has 0 aliphatic heterocycles. The van der Waals surface area contributed by atoms with Crippen molar-refractivity contribution < 1.29 is 13.2 Å². The Morgan fingerprint density at radius 3 is 3.00 bits per heavy atom. The molecule has 1 aromatic heterocycles. The van der Waals surface area contributed by atoms with Crippen LogP contribution < -0.4 is 4.72 Å². The topological polar surface area (TPSA) is 92.1 Å². The molecule has 1 heterocycles. The van der Waals surface area contributed by atoms with Crippen LogP contribution in [0.15, 0.2) is 23.2 Å². The maximum atomic E-state index is 12.3. The van der Waals surface area contributed by atoms with Crippen molar-refractivity contribution in [3.05, 3.63) is 24.0 Å². The highest BCUT2D eigenvalue weighted by atomic mass is 32.2. The van der Waals surface area contributed by atoms with E-state index < -0.39 is 10.0 Å². The number of aromatic nitrogens is 1. The minimum atomic E-state index is -3.74. The first-order valence-electron chi connectivity index (χ1n) is 5.98. The lowest BCUT2D eigenvalue weighted by atomic mass is 10.2. The van der Waals surface area contributed by atoms with Crippen LogP contribution >= 0.6 is 0 Å². The van der Waals surface area contributed by atoms with Gasteiger partial charge in [-0.05, 0) is 31.4 Å². The number of sulfonamides is 1. The molecule has 0 bridgehead atoms. The third-order valence-corrected chi connectivity index (χ3v) is 4.75. The van der Waals surface area contributed by atoms with E-state index >= 15 is 0 Å². The molecule has 0 saturated heterocycles. The molecule has 2 unspecified atom stereocenters. The van der Waals surface area contributed by atoms with E-state index in [4.69, 9.17) is 10.00 Å². The van der Waals surface area contributed by atoms with Crippen LogP contribution in [0.3, 0.4) is 0 Å². The first-order valence-corrected chi connectivity index (χ1v) is 7.47. The lowest BCUT2D eigenvalue weighted by Crippen LogP contribution is -2.40. The highest BCUT2D eigenvalue weighted by Gasteiger charge is 2.32. The predicted octanol–water partition coefficient (Wildman–Crippen LogP) is 0.799. The molecular weight excluding hydrogens is 266 g/mol. The summed E-state index contributed by atoms with van der Waals surface area (Å²) < 4.78 is 32.4. The zero-order valence-electron chi connectivity index (χ0n) is 10.5. The summed E-state index contributed by atoms with van der Waals surface area (Å²) >= 11 is 0. The number of nitrogens with zero attached hydrogens (tertiary/aromatic N) is 2. The Balaban J connectivity index is 2.26. The van der Waals surface area contributed by atoms with Crippen LogP contribution in [0.1, 0.15) is 25.0 Å². The molecule has 7 heteroatoms. The summed E-state index contributed by atoms with van der Waals surface area (Å²) in [5, 5.41) is 8.91. The molecule has 102 valence electrons. The first-order chi connectivity index (χ1) is 9.08. The fourth-order valence-electron chi connectivity index (χ4n) is 2.30. The Bertz CT molecular complexity index is 594. The van der Waals surface area contributed by atoms with Gasteiger partial charge in [-0.2, -0.15) is 5.26 Å². The lowest BCUT2D eigenvalue weighted by Gasteiger charge is -2.19. The average Bonchev–Trinajstić information content (AvgIpc) is 2.85. The van der Waals surface area contributed by atoms with Gasteiger partial charge in [-0.3, -0.25) is 0 Å². The molecule has 2 rings (SSSR count). The van der Waals surface area contributed by atoms with Crippen molar-refractivity contribution in [2.24, 2.45) is 0 Å². The summed E-state index contributed by atoms with van der Waals surface area (Å²) in [4.78, 5) is 3.68. The van der Waals surface area contributed by atoms with E-state index in [0.29, 0.717) is 0 Å². The van der Waals surface area contributed by atoms with Crippen LogP contribution in [-0.2, 0) is 14.8 Å². The Kier molecular flexibility index (Phi) is 4.14. The largest absolute Gasteiger partial charge is 0.380 e. The van der Waals surface area contributed by atoms with E-state index in [1.807, 2.05) is 0 Å². The summed E-state index contributed by atoms with van der Waals surface area (Å²) in [5.41, 5.74) is -0.0954. The monoisotopic (exact) mass is 281 g/mol. The van der Waals surface area contributed by atoms with E-state index in [1.165, 1.54) is 18.3 Å². The van der Waals surface area contributed by atoms with Gasteiger partial charge in [0.25, 0.3) is 0 Å². The maximum absolute atomic E-state index is 12.3. The highest BCUT2D eigenvalue weighted by molar-refractivity contribution is 7.89. The number of pyridine rings is 1.